The number of fused-ring (bicyclic) bond motifs is 1. The number of likely N-dealkylation sites (tertiary alicyclic amines) is 1. The zero-order valence-corrected chi connectivity index (χ0v) is 16.4. The Kier molecular flexibility index (Phi) is 4.68. The molecule has 1 aromatic heterocycles. The molecule has 9 heteroatoms. The Hall–Kier alpha value is -1.90. The standard InChI is InChI=1S/C20H26F3N5O/c21-20(22,23)12-28-7-6-16(19(28)29)26-8-10-27(11-9-26)18-14-2-1-3-15(14)24-17(25-18)13-4-5-13/h13,16H,1-12H2. The molecule has 158 valence electrons. The van der Waals surface area contributed by atoms with E-state index in [2.05, 4.69) is 9.80 Å². The highest BCUT2D eigenvalue weighted by Gasteiger charge is 2.42. The van der Waals surface area contributed by atoms with Gasteiger partial charge in [-0.05, 0) is 38.5 Å². The summed E-state index contributed by atoms with van der Waals surface area (Å²) < 4.78 is 38.0. The highest BCUT2D eigenvalue weighted by Crippen LogP contribution is 2.40. The number of alkyl halides is 3. The van der Waals surface area contributed by atoms with Crippen molar-refractivity contribution in [3.63, 3.8) is 0 Å². The van der Waals surface area contributed by atoms with E-state index in [1.807, 2.05) is 0 Å². The predicted molar refractivity (Wildman–Crippen MR) is 101 cm³/mol. The summed E-state index contributed by atoms with van der Waals surface area (Å²) in [6.45, 7) is 1.89. The van der Waals surface area contributed by atoms with Gasteiger partial charge in [0.1, 0.15) is 18.2 Å². The number of carbonyl (C=O) groups is 1. The smallest absolute Gasteiger partial charge is 0.354 e. The van der Waals surface area contributed by atoms with Crippen LogP contribution >= 0.6 is 0 Å². The molecule has 4 aliphatic rings. The lowest BCUT2D eigenvalue weighted by atomic mass is 10.1. The summed E-state index contributed by atoms with van der Waals surface area (Å²) in [6, 6.07) is -0.419. The lowest BCUT2D eigenvalue weighted by Gasteiger charge is -2.38. The van der Waals surface area contributed by atoms with Gasteiger partial charge in [-0.2, -0.15) is 13.2 Å². The first-order valence-electron chi connectivity index (χ1n) is 10.6. The van der Waals surface area contributed by atoms with Gasteiger partial charge in [0.2, 0.25) is 5.91 Å². The average molecular weight is 409 g/mol. The third-order valence-corrected chi connectivity index (χ3v) is 6.56. The van der Waals surface area contributed by atoms with Crippen LogP contribution in [-0.4, -0.2) is 77.2 Å². The fourth-order valence-electron chi connectivity index (χ4n) is 4.90. The topological polar surface area (TPSA) is 52.6 Å². The number of nitrogens with zero attached hydrogens (tertiary/aromatic N) is 5. The van der Waals surface area contributed by atoms with Crippen LogP contribution in [0.15, 0.2) is 0 Å². The molecule has 1 aromatic rings. The van der Waals surface area contributed by atoms with Gasteiger partial charge in [-0.1, -0.05) is 0 Å². The maximum absolute atomic E-state index is 12.7. The normalized spacial score (nSPS) is 25.8. The highest BCUT2D eigenvalue weighted by molar-refractivity contribution is 5.84. The van der Waals surface area contributed by atoms with Crippen LogP contribution in [0.25, 0.3) is 0 Å². The number of aromatic nitrogens is 2. The zero-order valence-electron chi connectivity index (χ0n) is 16.4. The zero-order chi connectivity index (χ0) is 20.2. The monoisotopic (exact) mass is 409 g/mol. The number of piperazine rings is 1. The van der Waals surface area contributed by atoms with Gasteiger partial charge in [0, 0.05) is 49.9 Å². The number of hydrogen-bond acceptors (Lipinski definition) is 5. The van der Waals surface area contributed by atoms with Crippen LogP contribution in [0.2, 0.25) is 0 Å². The molecule has 5 rings (SSSR count). The minimum atomic E-state index is -4.34. The number of aryl methyl sites for hydroxylation is 1. The molecular weight excluding hydrogens is 383 g/mol. The number of carbonyl (C=O) groups excluding carboxylic acids is 1. The van der Waals surface area contributed by atoms with E-state index in [-0.39, 0.29) is 12.5 Å². The molecule has 0 bridgehead atoms. The molecule has 1 atom stereocenters. The van der Waals surface area contributed by atoms with E-state index in [1.165, 1.54) is 24.1 Å². The van der Waals surface area contributed by atoms with Crippen molar-refractivity contribution in [1.82, 2.24) is 19.8 Å². The fraction of sp³-hybridized carbons (Fsp3) is 0.750. The lowest BCUT2D eigenvalue weighted by Crippen LogP contribution is -2.53. The van der Waals surface area contributed by atoms with Gasteiger partial charge in [-0.25, -0.2) is 9.97 Å². The fourth-order valence-corrected chi connectivity index (χ4v) is 4.90. The predicted octanol–water partition coefficient (Wildman–Crippen LogP) is 2.13. The summed E-state index contributed by atoms with van der Waals surface area (Å²) in [7, 11) is 0. The first-order chi connectivity index (χ1) is 13.9. The van der Waals surface area contributed by atoms with E-state index in [0.29, 0.717) is 25.4 Å². The van der Waals surface area contributed by atoms with Gasteiger partial charge in [0.05, 0.1) is 6.04 Å². The minimum Gasteiger partial charge on any atom is -0.354 e. The number of hydrogen-bond donors (Lipinski definition) is 0. The average Bonchev–Trinajstić information content (AvgIpc) is 3.33. The Morgan fingerprint density at radius 3 is 2.41 bits per heavy atom. The van der Waals surface area contributed by atoms with E-state index in [9.17, 15) is 18.0 Å². The van der Waals surface area contributed by atoms with Gasteiger partial charge in [0.15, 0.2) is 0 Å². The number of halogens is 3. The molecule has 1 saturated carbocycles. The Morgan fingerprint density at radius 2 is 1.72 bits per heavy atom. The Bertz CT molecular complexity index is 802. The third kappa shape index (κ3) is 3.81. The summed E-state index contributed by atoms with van der Waals surface area (Å²) >= 11 is 0. The second-order valence-corrected chi connectivity index (χ2v) is 8.66. The second-order valence-electron chi connectivity index (χ2n) is 8.66. The largest absolute Gasteiger partial charge is 0.406 e. The molecule has 1 unspecified atom stereocenters. The molecule has 1 amide bonds. The summed E-state index contributed by atoms with van der Waals surface area (Å²) in [5, 5.41) is 0. The van der Waals surface area contributed by atoms with Gasteiger partial charge in [-0.3, -0.25) is 9.69 Å². The van der Waals surface area contributed by atoms with E-state index in [0.717, 1.165) is 48.9 Å². The molecule has 2 saturated heterocycles. The van der Waals surface area contributed by atoms with Crippen molar-refractivity contribution >= 4 is 11.7 Å². The highest BCUT2D eigenvalue weighted by atomic mass is 19.4. The number of amides is 1. The van der Waals surface area contributed by atoms with Crippen LogP contribution in [0.1, 0.15) is 48.7 Å². The van der Waals surface area contributed by atoms with Crippen LogP contribution in [-0.2, 0) is 17.6 Å². The Labute approximate surface area is 168 Å². The molecule has 0 spiro atoms. The first kappa shape index (κ1) is 19.1. The van der Waals surface area contributed by atoms with Crippen molar-refractivity contribution < 1.29 is 18.0 Å². The minimum absolute atomic E-state index is 0.188. The van der Waals surface area contributed by atoms with Gasteiger partial charge >= 0.3 is 6.18 Å². The van der Waals surface area contributed by atoms with Gasteiger partial charge < -0.3 is 9.80 Å². The van der Waals surface area contributed by atoms with Gasteiger partial charge in [0.25, 0.3) is 0 Å². The van der Waals surface area contributed by atoms with E-state index in [1.54, 1.807) is 0 Å². The van der Waals surface area contributed by atoms with Crippen LogP contribution in [0.5, 0.6) is 0 Å². The molecule has 3 fully saturated rings. The number of rotatable bonds is 4. The molecule has 2 aliphatic heterocycles. The summed E-state index contributed by atoms with van der Waals surface area (Å²) in [5.74, 6) is 2.17. The van der Waals surface area contributed by atoms with Crippen molar-refractivity contribution in [2.75, 3.05) is 44.2 Å². The molecule has 3 heterocycles. The van der Waals surface area contributed by atoms with Crippen molar-refractivity contribution in [2.45, 2.75) is 56.7 Å². The van der Waals surface area contributed by atoms with Crippen LogP contribution in [0.3, 0.4) is 0 Å². The van der Waals surface area contributed by atoms with Crippen molar-refractivity contribution in [2.24, 2.45) is 0 Å². The molecule has 29 heavy (non-hydrogen) atoms. The van der Waals surface area contributed by atoms with Crippen molar-refractivity contribution in [3.05, 3.63) is 17.1 Å². The van der Waals surface area contributed by atoms with E-state index >= 15 is 0 Å². The molecule has 0 aromatic carbocycles. The number of anilines is 1. The summed E-state index contributed by atoms with van der Waals surface area (Å²) in [4.78, 5) is 27.5. The maximum atomic E-state index is 12.7. The van der Waals surface area contributed by atoms with Crippen molar-refractivity contribution in [3.8, 4) is 0 Å². The second kappa shape index (κ2) is 7.11. The third-order valence-electron chi connectivity index (χ3n) is 6.56. The first-order valence-corrected chi connectivity index (χ1v) is 10.6. The molecule has 0 radical (unpaired) electrons. The molecule has 0 N–H and O–H groups in total. The molecular formula is C20H26F3N5O. The van der Waals surface area contributed by atoms with Crippen molar-refractivity contribution in [1.29, 1.82) is 0 Å². The summed E-state index contributed by atoms with van der Waals surface area (Å²) in [5.41, 5.74) is 2.48. The molecule has 2 aliphatic carbocycles. The SMILES string of the molecule is O=C1C(N2CCN(c3nc(C4CC4)nc4c3CCC4)CC2)CCN1CC(F)(F)F. The lowest BCUT2D eigenvalue weighted by molar-refractivity contribution is -0.159. The Balaban J connectivity index is 1.25. The van der Waals surface area contributed by atoms with Crippen LogP contribution < -0.4 is 4.90 Å². The van der Waals surface area contributed by atoms with E-state index in [4.69, 9.17) is 9.97 Å². The molecule has 6 nitrogen and oxygen atoms in total. The summed E-state index contributed by atoms with van der Waals surface area (Å²) in [6.07, 6.45) is 1.64. The van der Waals surface area contributed by atoms with Crippen LogP contribution in [0, 0.1) is 0 Å². The maximum Gasteiger partial charge on any atom is 0.406 e. The van der Waals surface area contributed by atoms with E-state index < -0.39 is 18.8 Å². The van der Waals surface area contributed by atoms with Crippen LogP contribution in [0.4, 0.5) is 19.0 Å². The Morgan fingerprint density at radius 1 is 0.966 bits per heavy atom. The quantitative estimate of drug-likeness (QED) is 0.763. The van der Waals surface area contributed by atoms with Gasteiger partial charge in [-0.15, -0.1) is 0 Å².